The van der Waals surface area contributed by atoms with Crippen LogP contribution in [0.25, 0.3) is 0 Å². The Morgan fingerprint density at radius 3 is 1.23 bits per heavy atom. The molecule has 0 aromatic carbocycles. The molecular formula is C2H9ClN8S2. The van der Waals surface area contributed by atoms with Crippen molar-refractivity contribution in [2.45, 2.75) is 0 Å². The molecule has 0 bridgehead atoms. The molecule has 13 heavy (non-hydrogen) atoms. The summed E-state index contributed by atoms with van der Waals surface area (Å²) in [5.74, 6) is 9.36. The lowest BCUT2D eigenvalue weighted by Gasteiger charge is -1.84. The number of hydrazine groups is 2. The van der Waals surface area contributed by atoms with Crippen LogP contribution in [0.5, 0.6) is 0 Å². The van der Waals surface area contributed by atoms with Crippen LogP contribution < -0.4 is 22.5 Å². The lowest BCUT2D eigenvalue weighted by molar-refractivity contribution is 1.00. The molecule has 0 aliphatic heterocycles. The van der Waals surface area contributed by atoms with E-state index in [1.54, 1.807) is 0 Å². The maximum absolute atomic E-state index is 6.15. The van der Waals surface area contributed by atoms with Crippen molar-refractivity contribution in [2.75, 3.05) is 0 Å². The molecule has 0 heterocycles. The Morgan fingerprint density at radius 1 is 1.00 bits per heavy atom. The van der Waals surface area contributed by atoms with Gasteiger partial charge in [-0.15, -0.1) is 22.6 Å². The standard InChI is InChI=1S/2CH4N4S.ClH/c2*2-4-1(6)5-3;/h2*2H,3H2,(H,5,6);1H. The van der Waals surface area contributed by atoms with E-state index in [9.17, 15) is 0 Å². The average Bonchev–Trinajstić information content (AvgIpc) is 2.16. The van der Waals surface area contributed by atoms with Crippen molar-refractivity contribution in [3.8, 4) is 0 Å². The molecule has 0 saturated carbocycles. The maximum atomic E-state index is 6.15. The molecule has 8 nitrogen and oxygen atoms in total. The average molecular weight is 245 g/mol. The number of hydrogen-bond donors (Lipinski definition) is 6. The highest BCUT2D eigenvalue weighted by Gasteiger charge is 1.77. The van der Waals surface area contributed by atoms with E-state index in [-0.39, 0.29) is 22.6 Å². The molecule has 0 aromatic heterocycles. The van der Waals surface area contributed by atoms with Crippen molar-refractivity contribution in [3.05, 3.63) is 0 Å². The zero-order valence-corrected chi connectivity index (χ0v) is 8.72. The van der Waals surface area contributed by atoms with Crippen LogP contribution in [0.15, 0.2) is 10.2 Å². The summed E-state index contributed by atoms with van der Waals surface area (Å²) in [4.78, 5) is 0. The van der Waals surface area contributed by atoms with Crippen LogP contribution in [0.4, 0.5) is 0 Å². The molecule has 0 aromatic rings. The normalized spacial score (nSPS) is 6.31. The van der Waals surface area contributed by atoms with Gasteiger partial charge in [0.2, 0.25) is 10.2 Å². The van der Waals surface area contributed by atoms with Crippen molar-refractivity contribution in [2.24, 2.45) is 21.9 Å². The fourth-order valence-corrected chi connectivity index (χ4v) is 0.0645. The van der Waals surface area contributed by atoms with Gasteiger partial charge in [-0.25, -0.2) is 22.7 Å². The zero-order chi connectivity index (χ0) is 9.98. The van der Waals surface area contributed by atoms with Crippen LogP contribution in [0.1, 0.15) is 0 Å². The summed E-state index contributed by atoms with van der Waals surface area (Å²) in [6.45, 7) is 0. The van der Waals surface area contributed by atoms with Gasteiger partial charge < -0.3 is 0 Å². The number of nitrogens with zero attached hydrogens (tertiary/aromatic N) is 2. The first-order chi connectivity index (χ1) is 5.62. The summed E-state index contributed by atoms with van der Waals surface area (Å²) in [5.41, 5.74) is 16.3. The van der Waals surface area contributed by atoms with Crippen LogP contribution in [0.3, 0.4) is 0 Å². The molecule has 0 saturated heterocycles. The molecule has 0 amide bonds. The van der Waals surface area contributed by atoms with E-state index in [0.29, 0.717) is 0 Å². The predicted octanol–water partition coefficient (Wildman–Crippen LogP) is -0.0471. The SMILES string of the molecule is Cl.N=NC(=S)NN.N=NC(=S)NN. The Kier molecular flexibility index (Phi) is 19.1. The summed E-state index contributed by atoms with van der Waals surface area (Å²) in [5, 5.41) is 5.50. The van der Waals surface area contributed by atoms with Crippen LogP contribution >= 0.6 is 36.8 Å². The summed E-state index contributed by atoms with van der Waals surface area (Å²) >= 11 is 8.53. The molecule has 76 valence electrons. The van der Waals surface area contributed by atoms with Crippen LogP contribution in [0.2, 0.25) is 0 Å². The molecule has 11 heteroatoms. The molecule has 0 aliphatic rings. The lowest BCUT2D eigenvalue weighted by atomic mass is 11.2. The second-order valence-corrected chi connectivity index (χ2v) is 1.90. The molecule has 0 atom stereocenters. The first-order valence-electron chi connectivity index (χ1n) is 2.38. The van der Waals surface area contributed by atoms with Gasteiger partial charge in [-0.3, -0.25) is 10.9 Å². The fourth-order valence-electron chi connectivity index (χ4n) is 0.0645. The number of halogens is 1. The largest absolute Gasteiger partial charge is 0.298 e. The van der Waals surface area contributed by atoms with E-state index in [0.717, 1.165) is 0 Å². The van der Waals surface area contributed by atoms with Crippen molar-refractivity contribution in [3.63, 3.8) is 0 Å². The molecule has 0 unspecified atom stereocenters. The Bertz CT molecular complexity index is 161. The van der Waals surface area contributed by atoms with Crippen molar-refractivity contribution < 1.29 is 0 Å². The monoisotopic (exact) mass is 244 g/mol. The molecular weight excluding hydrogens is 236 g/mol. The Morgan fingerprint density at radius 2 is 1.23 bits per heavy atom. The highest BCUT2D eigenvalue weighted by Crippen LogP contribution is 1.64. The minimum Gasteiger partial charge on any atom is -0.298 e. The number of rotatable bonds is 0. The summed E-state index contributed by atoms with van der Waals surface area (Å²) < 4.78 is 0. The molecule has 0 aliphatic carbocycles. The third kappa shape index (κ3) is 18.3. The third-order valence-electron chi connectivity index (χ3n) is 0.450. The first kappa shape index (κ1) is 18.1. The third-order valence-corrected chi connectivity index (χ3v) is 0.868. The van der Waals surface area contributed by atoms with Crippen LogP contribution in [0, 0.1) is 11.1 Å². The van der Waals surface area contributed by atoms with Gasteiger partial charge in [0.15, 0.2) is 0 Å². The van der Waals surface area contributed by atoms with E-state index in [1.165, 1.54) is 0 Å². The van der Waals surface area contributed by atoms with Gasteiger partial charge in [0.1, 0.15) is 0 Å². The Labute approximate surface area is 91.2 Å². The second-order valence-electron chi connectivity index (χ2n) is 1.12. The minimum atomic E-state index is -0.00463. The quantitative estimate of drug-likeness (QED) is 0.152. The Hall–Kier alpha value is -0.810. The van der Waals surface area contributed by atoms with E-state index < -0.39 is 0 Å². The number of nitrogens with one attached hydrogen (secondary N) is 4. The van der Waals surface area contributed by atoms with Gasteiger partial charge in [-0.2, -0.15) is 0 Å². The summed E-state index contributed by atoms with van der Waals surface area (Å²) in [6.07, 6.45) is 0. The molecule has 8 N–H and O–H groups in total. The van der Waals surface area contributed by atoms with Gasteiger partial charge in [0.25, 0.3) is 0 Å². The second kappa shape index (κ2) is 13.8. The number of nitrogens with two attached hydrogens (primary N) is 2. The summed E-state index contributed by atoms with van der Waals surface area (Å²) in [6, 6.07) is 0. The van der Waals surface area contributed by atoms with Gasteiger partial charge >= 0.3 is 0 Å². The first-order valence-corrected chi connectivity index (χ1v) is 3.20. The van der Waals surface area contributed by atoms with Gasteiger partial charge in [-0.1, -0.05) is 0 Å². The van der Waals surface area contributed by atoms with Crippen LogP contribution in [-0.4, -0.2) is 10.2 Å². The van der Waals surface area contributed by atoms with Gasteiger partial charge in [-0.05, 0) is 24.4 Å². The maximum Gasteiger partial charge on any atom is 0.227 e. The predicted molar refractivity (Wildman–Crippen MR) is 57.4 cm³/mol. The summed E-state index contributed by atoms with van der Waals surface area (Å²) in [7, 11) is 0. The van der Waals surface area contributed by atoms with Gasteiger partial charge in [0, 0.05) is 0 Å². The molecule has 0 fully saturated rings. The smallest absolute Gasteiger partial charge is 0.227 e. The lowest BCUT2D eigenvalue weighted by Crippen LogP contribution is -2.26. The van der Waals surface area contributed by atoms with Crippen molar-refractivity contribution >= 4 is 47.1 Å². The zero-order valence-electron chi connectivity index (χ0n) is 6.27. The van der Waals surface area contributed by atoms with E-state index in [4.69, 9.17) is 11.1 Å². The van der Waals surface area contributed by atoms with Gasteiger partial charge in [0.05, 0.1) is 0 Å². The van der Waals surface area contributed by atoms with E-state index in [1.807, 2.05) is 10.9 Å². The van der Waals surface area contributed by atoms with Crippen molar-refractivity contribution in [1.82, 2.24) is 10.9 Å². The van der Waals surface area contributed by atoms with E-state index in [2.05, 4.69) is 46.3 Å². The topological polar surface area (TPSA) is 149 Å². The fraction of sp³-hybridized carbons (Fsp3) is 0. The van der Waals surface area contributed by atoms with Crippen LogP contribution in [-0.2, 0) is 0 Å². The molecule has 0 rings (SSSR count). The van der Waals surface area contributed by atoms with E-state index >= 15 is 0 Å². The molecule has 0 radical (unpaired) electrons. The number of hydrogen-bond acceptors (Lipinski definition) is 6. The minimum absolute atomic E-state index is 0. The highest BCUT2D eigenvalue weighted by molar-refractivity contribution is 7.80. The number of thiocarbonyl (C=S) groups is 2. The van der Waals surface area contributed by atoms with Crippen molar-refractivity contribution in [1.29, 1.82) is 11.1 Å². The highest BCUT2D eigenvalue weighted by atomic mass is 35.5. The Balaban J connectivity index is -0.000000143. The molecule has 0 spiro atoms.